The van der Waals surface area contributed by atoms with E-state index in [9.17, 15) is 19.2 Å². The molecule has 1 aromatic rings. The maximum atomic E-state index is 12.4. The fourth-order valence-corrected chi connectivity index (χ4v) is 2.74. The molecule has 0 saturated carbocycles. The first-order chi connectivity index (χ1) is 13.3. The zero-order valence-corrected chi connectivity index (χ0v) is 15.8. The van der Waals surface area contributed by atoms with Crippen molar-refractivity contribution in [2.24, 2.45) is 0 Å². The highest BCUT2D eigenvalue weighted by molar-refractivity contribution is 6.08. The van der Waals surface area contributed by atoms with Crippen molar-refractivity contribution < 1.29 is 23.9 Å². The topological polar surface area (TPSA) is 129 Å². The summed E-state index contributed by atoms with van der Waals surface area (Å²) in [6.45, 7) is 2.48. The van der Waals surface area contributed by atoms with E-state index < -0.39 is 42.5 Å². The van der Waals surface area contributed by atoms with Gasteiger partial charge in [0.2, 0.25) is 0 Å². The Labute approximate surface area is 162 Å². The molecule has 1 saturated heterocycles. The maximum absolute atomic E-state index is 12.4. The molecule has 1 aliphatic heterocycles. The van der Waals surface area contributed by atoms with Gasteiger partial charge in [0.25, 0.3) is 11.8 Å². The number of urea groups is 1. The summed E-state index contributed by atoms with van der Waals surface area (Å²) in [7, 11) is 0. The molecule has 28 heavy (non-hydrogen) atoms. The van der Waals surface area contributed by atoms with Crippen molar-refractivity contribution in [1.29, 1.82) is 5.26 Å². The lowest BCUT2D eigenvalue weighted by Crippen LogP contribution is -2.44. The largest absolute Gasteiger partial charge is 0.454 e. The van der Waals surface area contributed by atoms with Crippen LogP contribution in [0.2, 0.25) is 0 Å². The lowest BCUT2D eigenvalue weighted by molar-refractivity contribution is -0.150. The van der Waals surface area contributed by atoms with Crippen molar-refractivity contribution in [3.8, 4) is 6.07 Å². The number of hydrogen-bond acceptors (Lipinski definition) is 6. The number of carbonyl (C=O) groups is 4. The van der Waals surface area contributed by atoms with Crippen LogP contribution in [0.15, 0.2) is 24.3 Å². The van der Waals surface area contributed by atoms with E-state index in [-0.39, 0.29) is 0 Å². The Morgan fingerprint density at radius 2 is 1.96 bits per heavy atom. The molecule has 0 spiro atoms. The summed E-state index contributed by atoms with van der Waals surface area (Å²) >= 11 is 0. The number of anilines is 1. The molecule has 148 valence electrons. The predicted molar refractivity (Wildman–Crippen MR) is 98.9 cm³/mol. The third-order valence-electron chi connectivity index (χ3n) is 4.32. The van der Waals surface area contributed by atoms with Crippen LogP contribution >= 0.6 is 0 Å². The summed E-state index contributed by atoms with van der Waals surface area (Å²) in [6.07, 6.45) is 2.11. The molecule has 2 rings (SSSR count). The van der Waals surface area contributed by atoms with Gasteiger partial charge in [-0.15, -0.1) is 0 Å². The Kier molecular flexibility index (Phi) is 6.71. The lowest BCUT2D eigenvalue weighted by atomic mass is 9.95. The van der Waals surface area contributed by atoms with E-state index in [0.717, 1.165) is 17.7 Å². The lowest BCUT2D eigenvalue weighted by Gasteiger charge is -2.21. The quantitative estimate of drug-likeness (QED) is 0.515. The number of carbonyl (C=O) groups excluding carboxylic acids is 4. The van der Waals surface area contributed by atoms with Gasteiger partial charge in [0.05, 0.1) is 11.6 Å². The van der Waals surface area contributed by atoms with Gasteiger partial charge in [-0.25, -0.2) is 4.79 Å². The van der Waals surface area contributed by atoms with E-state index in [1.54, 1.807) is 19.1 Å². The molecule has 0 radical (unpaired) electrons. The van der Waals surface area contributed by atoms with Gasteiger partial charge in [-0.1, -0.05) is 19.8 Å². The number of esters is 1. The molecule has 1 fully saturated rings. The molecular formula is C19H22N4O5. The maximum Gasteiger partial charge on any atom is 0.326 e. The fourth-order valence-electron chi connectivity index (χ4n) is 2.74. The summed E-state index contributed by atoms with van der Waals surface area (Å²) in [5, 5.41) is 13.8. The first-order valence-corrected chi connectivity index (χ1v) is 8.89. The molecule has 9 heteroatoms. The summed E-state index contributed by atoms with van der Waals surface area (Å²) < 4.78 is 4.85. The van der Waals surface area contributed by atoms with E-state index >= 15 is 0 Å². The molecular weight excluding hydrogens is 364 g/mol. The molecule has 0 unspecified atom stereocenters. The average Bonchev–Trinajstić information content (AvgIpc) is 2.89. The van der Waals surface area contributed by atoms with Crippen LogP contribution in [0.3, 0.4) is 0 Å². The number of hydrogen-bond donors (Lipinski definition) is 2. The van der Waals surface area contributed by atoms with Crippen LogP contribution < -0.4 is 10.6 Å². The summed E-state index contributed by atoms with van der Waals surface area (Å²) in [5.74, 6) is -1.92. The number of nitrogens with one attached hydrogen (secondary N) is 2. The number of nitriles is 1. The van der Waals surface area contributed by atoms with Crippen molar-refractivity contribution in [3.63, 3.8) is 0 Å². The third-order valence-corrected chi connectivity index (χ3v) is 4.32. The number of benzene rings is 1. The van der Waals surface area contributed by atoms with Crippen molar-refractivity contribution in [2.75, 3.05) is 18.5 Å². The van der Waals surface area contributed by atoms with E-state index in [0.29, 0.717) is 17.7 Å². The standard InChI is InChI=1S/C19H22N4O5/c1-3-4-9-19(2)17(26)23(18(27)22-19)11-16(25)28-12-15(24)21-14-7-5-13(10-20)6-8-14/h5-8H,3-4,9,11-12H2,1-2H3,(H,21,24)(H,22,27)/t19-/m1/s1. The number of rotatable bonds is 8. The van der Waals surface area contributed by atoms with Crippen LogP contribution in [0.1, 0.15) is 38.7 Å². The van der Waals surface area contributed by atoms with Crippen LogP contribution in [-0.4, -0.2) is 47.4 Å². The molecule has 1 aliphatic rings. The Bertz CT molecular complexity index is 815. The van der Waals surface area contributed by atoms with Crippen LogP contribution in [0, 0.1) is 11.3 Å². The zero-order chi connectivity index (χ0) is 20.7. The first kappa shape index (κ1) is 20.9. The van der Waals surface area contributed by atoms with Gasteiger partial charge in [-0.05, 0) is 37.6 Å². The highest BCUT2D eigenvalue weighted by Crippen LogP contribution is 2.23. The second-order valence-corrected chi connectivity index (χ2v) is 6.66. The van der Waals surface area contributed by atoms with Gasteiger partial charge in [0.15, 0.2) is 6.61 Å². The van der Waals surface area contributed by atoms with E-state index in [1.807, 2.05) is 13.0 Å². The van der Waals surface area contributed by atoms with Crippen molar-refractivity contribution in [3.05, 3.63) is 29.8 Å². The molecule has 0 aliphatic carbocycles. The number of amides is 4. The Morgan fingerprint density at radius 1 is 1.29 bits per heavy atom. The Balaban J connectivity index is 1.83. The number of nitrogens with zero attached hydrogens (tertiary/aromatic N) is 2. The van der Waals surface area contributed by atoms with Crippen molar-refractivity contribution >= 4 is 29.5 Å². The van der Waals surface area contributed by atoms with E-state index in [2.05, 4.69) is 10.6 Å². The minimum atomic E-state index is -1.03. The molecule has 0 aromatic heterocycles. The van der Waals surface area contributed by atoms with Gasteiger partial charge in [-0.3, -0.25) is 19.3 Å². The summed E-state index contributed by atoms with van der Waals surface area (Å²) in [4.78, 5) is 49.0. The second-order valence-electron chi connectivity index (χ2n) is 6.66. The number of unbranched alkanes of at least 4 members (excludes halogenated alkanes) is 1. The fraction of sp³-hybridized carbons (Fsp3) is 0.421. The minimum Gasteiger partial charge on any atom is -0.454 e. The summed E-state index contributed by atoms with van der Waals surface area (Å²) in [5.41, 5.74) is -0.134. The van der Waals surface area contributed by atoms with E-state index in [4.69, 9.17) is 10.00 Å². The molecule has 2 N–H and O–H groups in total. The van der Waals surface area contributed by atoms with Gasteiger partial charge >= 0.3 is 12.0 Å². The van der Waals surface area contributed by atoms with Gasteiger partial charge in [0, 0.05) is 5.69 Å². The zero-order valence-electron chi connectivity index (χ0n) is 15.8. The monoisotopic (exact) mass is 386 g/mol. The smallest absolute Gasteiger partial charge is 0.326 e. The summed E-state index contributed by atoms with van der Waals surface area (Å²) in [6, 6.07) is 7.47. The SMILES string of the molecule is CCCC[C@@]1(C)NC(=O)N(CC(=O)OCC(=O)Nc2ccc(C#N)cc2)C1=O. The predicted octanol–water partition coefficient (Wildman–Crippen LogP) is 1.54. The van der Waals surface area contributed by atoms with Crippen LogP contribution in [-0.2, 0) is 19.1 Å². The molecule has 1 atom stereocenters. The molecule has 9 nitrogen and oxygen atoms in total. The Morgan fingerprint density at radius 3 is 2.57 bits per heavy atom. The Hall–Kier alpha value is -3.41. The number of imide groups is 1. The highest BCUT2D eigenvalue weighted by Gasteiger charge is 2.47. The van der Waals surface area contributed by atoms with E-state index in [1.165, 1.54) is 12.1 Å². The highest BCUT2D eigenvalue weighted by atomic mass is 16.5. The number of ether oxygens (including phenoxy) is 1. The molecule has 1 heterocycles. The third kappa shape index (κ3) is 5.07. The average molecular weight is 386 g/mol. The van der Waals surface area contributed by atoms with Crippen molar-refractivity contribution in [1.82, 2.24) is 10.2 Å². The molecule has 4 amide bonds. The minimum absolute atomic E-state index is 0.445. The van der Waals surface area contributed by atoms with Gasteiger partial charge in [0.1, 0.15) is 12.1 Å². The normalized spacial score (nSPS) is 18.4. The van der Waals surface area contributed by atoms with Crippen molar-refractivity contribution in [2.45, 2.75) is 38.6 Å². The van der Waals surface area contributed by atoms with Gasteiger partial charge < -0.3 is 15.4 Å². The first-order valence-electron chi connectivity index (χ1n) is 8.89. The molecule has 1 aromatic carbocycles. The van der Waals surface area contributed by atoms with Crippen LogP contribution in [0.5, 0.6) is 0 Å². The van der Waals surface area contributed by atoms with Gasteiger partial charge in [-0.2, -0.15) is 5.26 Å². The van der Waals surface area contributed by atoms with Crippen LogP contribution in [0.4, 0.5) is 10.5 Å². The van der Waals surface area contributed by atoms with Crippen LogP contribution in [0.25, 0.3) is 0 Å². The second kappa shape index (κ2) is 8.99. The molecule has 0 bridgehead atoms.